The summed E-state index contributed by atoms with van der Waals surface area (Å²) in [6.45, 7) is 4.28. The van der Waals surface area contributed by atoms with E-state index in [1.54, 1.807) is 28.8 Å². The fourth-order valence-electron chi connectivity index (χ4n) is 4.11. The number of rotatable bonds is 10. The summed E-state index contributed by atoms with van der Waals surface area (Å²) in [6, 6.07) is 14.1. The fraction of sp³-hybridized carbons (Fsp3) is 0.462. The molecular weight excluding hydrogens is 423 g/mol. The number of thioether (sulfide) groups is 1. The number of benzene rings is 2. The molecule has 0 unspecified atom stereocenters. The van der Waals surface area contributed by atoms with Crippen LogP contribution in [-0.2, 0) is 16.1 Å². The normalized spacial score (nSPS) is 14.8. The number of amides is 2. The van der Waals surface area contributed by atoms with Crippen molar-refractivity contribution < 1.29 is 14.0 Å². The molecule has 0 aliphatic heterocycles. The highest BCUT2D eigenvalue weighted by Gasteiger charge is 2.30. The van der Waals surface area contributed by atoms with Gasteiger partial charge in [-0.05, 0) is 56.0 Å². The molecule has 172 valence electrons. The van der Waals surface area contributed by atoms with E-state index < -0.39 is 6.04 Å². The average molecular weight is 457 g/mol. The van der Waals surface area contributed by atoms with Crippen molar-refractivity contribution in [1.29, 1.82) is 0 Å². The van der Waals surface area contributed by atoms with Gasteiger partial charge < -0.3 is 10.2 Å². The maximum Gasteiger partial charge on any atom is 0.243 e. The lowest BCUT2D eigenvalue weighted by Gasteiger charge is -2.31. The second-order valence-corrected chi connectivity index (χ2v) is 9.64. The van der Waals surface area contributed by atoms with Crippen LogP contribution in [0.15, 0.2) is 53.4 Å². The Morgan fingerprint density at radius 1 is 1.09 bits per heavy atom. The van der Waals surface area contributed by atoms with Gasteiger partial charge in [0, 0.05) is 29.7 Å². The van der Waals surface area contributed by atoms with Gasteiger partial charge in [0.25, 0.3) is 0 Å². The first-order valence-electron chi connectivity index (χ1n) is 11.5. The zero-order valence-corrected chi connectivity index (χ0v) is 19.8. The molecule has 0 heterocycles. The monoisotopic (exact) mass is 456 g/mol. The number of carbonyl (C=O) groups is 2. The highest BCUT2D eigenvalue weighted by atomic mass is 32.2. The third-order valence-corrected chi connectivity index (χ3v) is 6.97. The zero-order chi connectivity index (χ0) is 22.9. The topological polar surface area (TPSA) is 49.4 Å². The van der Waals surface area contributed by atoms with Crippen molar-refractivity contribution in [3.05, 3.63) is 65.5 Å². The number of carbonyl (C=O) groups excluding carboxylic acids is 2. The summed E-state index contributed by atoms with van der Waals surface area (Å²) in [5.74, 6) is 0.193. The van der Waals surface area contributed by atoms with E-state index in [4.69, 9.17) is 0 Å². The number of aryl methyl sites for hydroxylation is 1. The Morgan fingerprint density at radius 2 is 1.75 bits per heavy atom. The summed E-state index contributed by atoms with van der Waals surface area (Å²) in [7, 11) is 0. The molecule has 6 heteroatoms. The van der Waals surface area contributed by atoms with Crippen LogP contribution in [0, 0.1) is 12.7 Å². The molecule has 3 rings (SSSR count). The van der Waals surface area contributed by atoms with E-state index in [9.17, 15) is 14.0 Å². The van der Waals surface area contributed by atoms with Crippen LogP contribution < -0.4 is 5.32 Å². The summed E-state index contributed by atoms with van der Waals surface area (Å²) >= 11 is 1.64. The lowest BCUT2D eigenvalue weighted by Crippen LogP contribution is -2.51. The minimum atomic E-state index is -0.530. The molecule has 32 heavy (non-hydrogen) atoms. The standard InChI is InChI=1S/C26H33FN2O2S/c1-3-24(26(31)28-22-6-4-5-7-22)29(18-20-10-12-21(27)13-11-20)25(30)16-17-32-23-14-8-19(2)9-15-23/h8-15,22,24H,3-7,16-18H2,1-2H3,(H,28,31)/t24-/m1/s1. The molecule has 1 aliphatic carbocycles. The number of hydrogen-bond acceptors (Lipinski definition) is 3. The Kier molecular flexibility index (Phi) is 9.15. The summed E-state index contributed by atoms with van der Waals surface area (Å²) < 4.78 is 13.4. The fourth-order valence-corrected chi connectivity index (χ4v) is 4.95. The van der Waals surface area contributed by atoms with Crippen LogP contribution >= 0.6 is 11.8 Å². The van der Waals surface area contributed by atoms with Crippen LogP contribution in [-0.4, -0.2) is 34.6 Å². The highest BCUT2D eigenvalue weighted by molar-refractivity contribution is 7.99. The van der Waals surface area contributed by atoms with Gasteiger partial charge in [0.15, 0.2) is 0 Å². The Bertz CT molecular complexity index is 880. The van der Waals surface area contributed by atoms with Crippen molar-refractivity contribution in [3.8, 4) is 0 Å². The summed E-state index contributed by atoms with van der Waals surface area (Å²) in [5.41, 5.74) is 2.02. The number of halogens is 1. The molecule has 1 atom stereocenters. The predicted octanol–water partition coefficient (Wildman–Crippen LogP) is 5.48. The van der Waals surface area contributed by atoms with Gasteiger partial charge in [-0.1, -0.05) is 49.6 Å². The molecule has 0 radical (unpaired) electrons. The van der Waals surface area contributed by atoms with Gasteiger partial charge >= 0.3 is 0 Å². The van der Waals surface area contributed by atoms with Crippen LogP contribution in [0.25, 0.3) is 0 Å². The van der Waals surface area contributed by atoms with Crippen LogP contribution in [0.3, 0.4) is 0 Å². The van der Waals surface area contributed by atoms with Gasteiger partial charge in [-0.3, -0.25) is 9.59 Å². The van der Waals surface area contributed by atoms with Crippen LogP contribution in [0.5, 0.6) is 0 Å². The maximum atomic E-state index is 13.4. The SMILES string of the molecule is CC[C@H](C(=O)NC1CCCC1)N(Cc1ccc(F)cc1)C(=O)CCSc1ccc(C)cc1. The molecule has 2 aromatic rings. The second-order valence-electron chi connectivity index (χ2n) is 8.47. The van der Waals surface area contributed by atoms with Crippen LogP contribution in [0.4, 0.5) is 4.39 Å². The molecule has 2 aromatic carbocycles. The quantitative estimate of drug-likeness (QED) is 0.482. The van der Waals surface area contributed by atoms with Crippen molar-refractivity contribution >= 4 is 23.6 Å². The second kappa shape index (κ2) is 12.0. The van der Waals surface area contributed by atoms with E-state index in [1.807, 2.05) is 13.8 Å². The van der Waals surface area contributed by atoms with Crippen LogP contribution in [0.2, 0.25) is 0 Å². The molecule has 0 aromatic heterocycles. The first kappa shape index (κ1) is 24.3. The molecular formula is C26H33FN2O2S. The van der Waals surface area contributed by atoms with E-state index in [0.29, 0.717) is 25.1 Å². The molecule has 1 aliphatic rings. The maximum absolute atomic E-state index is 13.4. The third kappa shape index (κ3) is 7.09. The van der Waals surface area contributed by atoms with Gasteiger partial charge in [0.05, 0.1) is 0 Å². The Hall–Kier alpha value is -2.34. The zero-order valence-electron chi connectivity index (χ0n) is 19.0. The minimum Gasteiger partial charge on any atom is -0.352 e. The van der Waals surface area contributed by atoms with Crippen molar-refractivity contribution in [3.63, 3.8) is 0 Å². The van der Waals surface area contributed by atoms with Gasteiger partial charge in [-0.15, -0.1) is 11.8 Å². The number of nitrogens with one attached hydrogen (secondary N) is 1. The number of nitrogens with zero attached hydrogens (tertiary/aromatic N) is 1. The molecule has 0 saturated heterocycles. The van der Waals surface area contributed by atoms with Crippen molar-refractivity contribution in [1.82, 2.24) is 10.2 Å². The molecule has 1 N–H and O–H groups in total. The molecule has 2 amide bonds. The summed E-state index contributed by atoms with van der Waals surface area (Å²) in [5, 5.41) is 3.15. The highest BCUT2D eigenvalue weighted by Crippen LogP contribution is 2.22. The van der Waals surface area contributed by atoms with E-state index >= 15 is 0 Å². The van der Waals surface area contributed by atoms with E-state index in [-0.39, 0.29) is 23.7 Å². The Balaban J connectivity index is 1.68. The average Bonchev–Trinajstić information content (AvgIpc) is 3.29. The molecule has 0 spiro atoms. The lowest BCUT2D eigenvalue weighted by atomic mass is 10.1. The Morgan fingerprint density at radius 3 is 2.38 bits per heavy atom. The third-order valence-electron chi connectivity index (χ3n) is 5.96. The molecule has 4 nitrogen and oxygen atoms in total. The van der Waals surface area contributed by atoms with Crippen LogP contribution in [0.1, 0.15) is 56.6 Å². The minimum absolute atomic E-state index is 0.0534. The first-order chi connectivity index (χ1) is 15.5. The van der Waals surface area contributed by atoms with Crippen molar-refractivity contribution in [2.45, 2.75) is 75.9 Å². The number of hydrogen-bond donors (Lipinski definition) is 1. The molecule has 1 fully saturated rings. The largest absolute Gasteiger partial charge is 0.352 e. The molecule has 1 saturated carbocycles. The summed E-state index contributed by atoms with van der Waals surface area (Å²) in [6.07, 6.45) is 5.15. The Labute approximate surface area is 195 Å². The molecule has 0 bridgehead atoms. The van der Waals surface area contributed by atoms with Crippen molar-refractivity contribution in [2.75, 3.05) is 5.75 Å². The van der Waals surface area contributed by atoms with E-state index in [0.717, 1.165) is 36.1 Å². The van der Waals surface area contributed by atoms with Gasteiger partial charge in [0.1, 0.15) is 11.9 Å². The van der Waals surface area contributed by atoms with Gasteiger partial charge in [0.2, 0.25) is 11.8 Å². The summed E-state index contributed by atoms with van der Waals surface area (Å²) in [4.78, 5) is 29.1. The first-order valence-corrected chi connectivity index (χ1v) is 12.5. The lowest BCUT2D eigenvalue weighted by molar-refractivity contribution is -0.141. The van der Waals surface area contributed by atoms with Gasteiger partial charge in [-0.2, -0.15) is 0 Å². The van der Waals surface area contributed by atoms with E-state index in [1.165, 1.54) is 17.7 Å². The van der Waals surface area contributed by atoms with Gasteiger partial charge in [-0.25, -0.2) is 4.39 Å². The predicted molar refractivity (Wildman–Crippen MR) is 128 cm³/mol. The van der Waals surface area contributed by atoms with Crippen molar-refractivity contribution in [2.24, 2.45) is 0 Å². The smallest absolute Gasteiger partial charge is 0.243 e. The van der Waals surface area contributed by atoms with E-state index in [2.05, 4.69) is 29.6 Å².